The zero-order valence-corrected chi connectivity index (χ0v) is 9.89. The van der Waals surface area contributed by atoms with Gasteiger partial charge in [0.1, 0.15) is 0 Å². The molecule has 0 amide bonds. The topological polar surface area (TPSA) is 42.2 Å². The molecule has 1 aromatic rings. The minimum Gasteiger partial charge on any atom is -0.345 e. The fraction of sp³-hybridized carbons (Fsp3) is 0.727. The summed E-state index contributed by atoms with van der Waals surface area (Å²) in [5, 5.41) is 1.21. The van der Waals surface area contributed by atoms with E-state index in [1.54, 1.807) is 11.3 Å². The quantitative estimate of drug-likeness (QED) is 0.832. The Labute approximate surface area is 94.3 Å². The minimum atomic E-state index is 0.630. The molecule has 4 heteroatoms. The summed E-state index contributed by atoms with van der Waals surface area (Å²) in [5.41, 5.74) is 6.82. The van der Waals surface area contributed by atoms with E-state index in [4.69, 9.17) is 5.73 Å². The van der Waals surface area contributed by atoms with Crippen LogP contribution in [0, 0.1) is 12.8 Å². The van der Waals surface area contributed by atoms with Crippen LogP contribution in [-0.2, 0) is 6.54 Å². The molecule has 1 aliphatic carbocycles. The van der Waals surface area contributed by atoms with Crippen LogP contribution in [-0.4, -0.2) is 17.6 Å². The van der Waals surface area contributed by atoms with Crippen molar-refractivity contribution in [3.63, 3.8) is 0 Å². The fourth-order valence-electron chi connectivity index (χ4n) is 2.88. The molecule has 0 aromatic carbocycles. The van der Waals surface area contributed by atoms with Gasteiger partial charge in [-0.2, -0.15) is 0 Å². The average molecular weight is 223 g/mol. The van der Waals surface area contributed by atoms with E-state index >= 15 is 0 Å². The maximum Gasteiger partial charge on any atom is 0.186 e. The summed E-state index contributed by atoms with van der Waals surface area (Å²) < 4.78 is 0. The number of nitrogens with two attached hydrogens (primary N) is 1. The molecule has 2 N–H and O–H groups in total. The number of piperidine rings is 1. The summed E-state index contributed by atoms with van der Waals surface area (Å²) >= 11 is 1.79. The Morgan fingerprint density at radius 3 is 2.93 bits per heavy atom. The molecule has 2 heterocycles. The van der Waals surface area contributed by atoms with Gasteiger partial charge < -0.3 is 10.6 Å². The molecule has 2 aliphatic rings. The molecule has 2 fully saturated rings. The summed E-state index contributed by atoms with van der Waals surface area (Å²) in [4.78, 5) is 8.39. The SMILES string of the molecule is Cc1nc(N2CC3CCC2C3)sc1CN. The van der Waals surface area contributed by atoms with Crippen molar-refractivity contribution in [2.75, 3.05) is 11.4 Å². The van der Waals surface area contributed by atoms with Crippen LogP contribution in [0.5, 0.6) is 0 Å². The number of hydrogen-bond acceptors (Lipinski definition) is 4. The molecule has 1 aromatic heterocycles. The summed E-state index contributed by atoms with van der Waals surface area (Å²) in [5.74, 6) is 0.931. The summed E-state index contributed by atoms with van der Waals surface area (Å²) in [6, 6.07) is 0.770. The predicted molar refractivity (Wildman–Crippen MR) is 63.2 cm³/mol. The fourth-order valence-corrected chi connectivity index (χ4v) is 3.90. The third-order valence-corrected chi connectivity index (χ3v) is 4.94. The summed E-state index contributed by atoms with van der Waals surface area (Å²) in [6.07, 6.45) is 4.17. The molecule has 82 valence electrons. The monoisotopic (exact) mass is 223 g/mol. The lowest BCUT2D eigenvalue weighted by Crippen LogP contribution is -2.31. The Morgan fingerprint density at radius 2 is 2.40 bits per heavy atom. The molecule has 0 spiro atoms. The molecule has 2 unspecified atom stereocenters. The number of fused-ring (bicyclic) bond motifs is 2. The second kappa shape index (κ2) is 3.46. The van der Waals surface area contributed by atoms with E-state index in [-0.39, 0.29) is 0 Å². The van der Waals surface area contributed by atoms with Crippen molar-refractivity contribution in [1.29, 1.82) is 0 Å². The molecule has 1 saturated heterocycles. The highest BCUT2D eigenvalue weighted by Crippen LogP contribution is 2.41. The van der Waals surface area contributed by atoms with Gasteiger partial charge in [0.2, 0.25) is 0 Å². The molecule has 2 bridgehead atoms. The first-order valence-corrected chi connectivity index (χ1v) is 6.52. The molecule has 3 rings (SSSR count). The molecule has 1 saturated carbocycles. The first kappa shape index (κ1) is 9.60. The normalized spacial score (nSPS) is 29.1. The molecule has 15 heavy (non-hydrogen) atoms. The molecule has 1 aliphatic heterocycles. The van der Waals surface area contributed by atoms with Gasteiger partial charge in [-0.05, 0) is 32.1 Å². The highest BCUT2D eigenvalue weighted by molar-refractivity contribution is 7.15. The van der Waals surface area contributed by atoms with Gasteiger partial charge in [0, 0.05) is 24.0 Å². The molecule has 3 nitrogen and oxygen atoms in total. The Balaban J connectivity index is 1.87. The number of aromatic nitrogens is 1. The lowest BCUT2D eigenvalue weighted by Gasteiger charge is -2.26. The first-order valence-electron chi connectivity index (χ1n) is 5.71. The zero-order valence-electron chi connectivity index (χ0n) is 9.07. The zero-order chi connectivity index (χ0) is 10.4. The van der Waals surface area contributed by atoms with Gasteiger partial charge in [-0.3, -0.25) is 0 Å². The van der Waals surface area contributed by atoms with E-state index in [0.29, 0.717) is 6.54 Å². The number of hydrogen-bond donors (Lipinski definition) is 1. The molecule has 2 atom stereocenters. The third kappa shape index (κ3) is 1.47. The van der Waals surface area contributed by atoms with Crippen LogP contribution < -0.4 is 10.6 Å². The van der Waals surface area contributed by atoms with E-state index < -0.39 is 0 Å². The number of thiazole rings is 1. The number of nitrogens with zero attached hydrogens (tertiary/aromatic N) is 2. The number of anilines is 1. The van der Waals surface area contributed by atoms with Gasteiger partial charge in [-0.1, -0.05) is 0 Å². The van der Waals surface area contributed by atoms with Crippen molar-refractivity contribution in [2.45, 2.75) is 38.8 Å². The van der Waals surface area contributed by atoms with Gasteiger partial charge in [-0.15, -0.1) is 11.3 Å². The van der Waals surface area contributed by atoms with Crippen LogP contribution in [0.2, 0.25) is 0 Å². The van der Waals surface area contributed by atoms with Gasteiger partial charge >= 0.3 is 0 Å². The van der Waals surface area contributed by atoms with Gasteiger partial charge in [0.05, 0.1) is 5.69 Å². The smallest absolute Gasteiger partial charge is 0.186 e. The molecular weight excluding hydrogens is 206 g/mol. The second-order valence-electron chi connectivity index (χ2n) is 4.69. The van der Waals surface area contributed by atoms with E-state index in [9.17, 15) is 0 Å². The van der Waals surface area contributed by atoms with E-state index in [0.717, 1.165) is 17.7 Å². The van der Waals surface area contributed by atoms with Crippen molar-refractivity contribution in [3.8, 4) is 0 Å². The third-order valence-electron chi connectivity index (χ3n) is 3.72. The predicted octanol–water partition coefficient (Wildman–Crippen LogP) is 1.90. The summed E-state index contributed by atoms with van der Waals surface area (Å²) in [6.45, 7) is 3.92. The molecule has 0 radical (unpaired) electrons. The average Bonchev–Trinajstić information content (AvgIpc) is 2.90. The maximum absolute atomic E-state index is 5.69. The highest BCUT2D eigenvalue weighted by atomic mass is 32.1. The van der Waals surface area contributed by atoms with Crippen LogP contribution in [0.1, 0.15) is 29.8 Å². The van der Waals surface area contributed by atoms with Crippen molar-refractivity contribution < 1.29 is 0 Å². The Morgan fingerprint density at radius 1 is 1.53 bits per heavy atom. The van der Waals surface area contributed by atoms with Crippen molar-refractivity contribution in [2.24, 2.45) is 11.7 Å². The number of rotatable bonds is 2. The van der Waals surface area contributed by atoms with Crippen LogP contribution in [0.25, 0.3) is 0 Å². The van der Waals surface area contributed by atoms with E-state index in [2.05, 4.69) is 16.8 Å². The van der Waals surface area contributed by atoms with Gasteiger partial charge in [0.25, 0.3) is 0 Å². The second-order valence-corrected chi connectivity index (χ2v) is 5.76. The lowest BCUT2D eigenvalue weighted by molar-refractivity contribution is 0.553. The van der Waals surface area contributed by atoms with E-state index in [1.165, 1.54) is 35.8 Å². The number of aryl methyl sites for hydroxylation is 1. The van der Waals surface area contributed by atoms with Crippen molar-refractivity contribution in [3.05, 3.63) is 10.6 Å². The van der Waals surface area contributed by atoms with Gasteiger partial charge in [0.15, 0.2) is 5.13 Å². The first-order chi connectivity index (χ1) is 7.28. The van der Waals surface area contributed by atoms with Crippen molar-refractivity contribution >= 4 is 16.5 Å². The Bertz CT molecular complexity index is 374. The highest BCUT2D eigenvalue weighted by Gasteiger charge is 2.39. The molecular formula is C11H17N3S. The maximum atomic E-state index is 5.69. The van der Waals surface area contributed by atoms with Crippen molar-refractivity contribution in [1.82, 2.24) is 4.98 Å². The van der Waals surface area contributed by atoms with Crippen LogP contribution >= 0.6 is 11.3 Å². The van der Waals surface area contributed by atoms with Crippen LogP contribution in [0.15, 0.2) is 0 Å². The summed E-state index contributed by atoms with van der Waals surface area (Å²) in [7, 11) is 0. The lowest BCUT2D eigenvalue weighted by atomic mass is 10.1. The van der Waals surface area contributed by atoms with Crippen LogP contribution in [0.4, 0.5) is 5.13 Å². The van der Waals surface area contributed by atoms with Crippen LogP contribution in [0.3, 0.4) is 0 Å². The minimum absolute atomic E-state index is 0.630. The standard InChI is InChI=1S/C11H17N3S/c1-7-10(5-12)15-11(13-7)14-6-8-2-3-9(14)4-8/h8-9H,2-6,12H2,1H3. The van der Waals surface area contributed by atoms with E-state index in [1.807, 2.05) is 0 Å². The Kier molecular flexibility index (Phi) is 2.21. The Hall–Kier alpha value is -0.610. The largest absolute Gasteiger partial charge is 0.345 e. The van der Waals surface area contributed by atoms with Gasteiger partial charge in [-0.25, -0.2) is 4.98 Å².